The normalized spacial score (nSPS) is 15.8. The van der Waals surface area contributed by atoms with Crippen LogP contribution in [0.4, 0.5) is 5.69 Å². The molecule has 7 nitrogen and oxygen atoms in total. The number of hydrogen-bond acceptors (Lipinski definition) is 5. The molecule has 0 bridgehead atoms. The largest absolute Gasteiger partial charge is 0.379 e. The lowest BCUT2D eigenvalue weighted by Crippen LogP contribution is -2.44. The minimum absolute atomic E-state index is 0.276. The van der Waals surface area contributed by atoms with E-state index < -0.39 is 10.0 Å². The number of carbonyl (C=O) groups is 1. The minimum atomic E-state index is -3.60. The van der Waals surface area contributed by atoms with E-state index in [-0.39, 0.29) is 12.5 Å². The number of benzene rings is 1. The molecule has 0 aromatic heterocycles. The van der Waals surface area contributed by atoms with E-state index in [2.05, 4.69) is 10.2 Å². The fraction of sp³-hybridized carbons (Fsp3) is 0.562. The van der Waals surface area contributed by atoms with E-state index in [9.17, 15) is 13.2 Å². The third kappa shape index (κ3) is 6.14. The highest BCUT2D eigenvalue weighted by atomic mass is 35.5. The minimum Gasteiger partial charge on any atom is -0.379 e. The highest BCUT2D eigenvalue weighted by Gasteiger charge is 2.21. The molecule has 1 saturated heterocycles. The molecule has 1 amide bonds. The third-order valence-corrected chi connectivity index (χ3v) is 5.53. The van der Waals surface area contributed by atoms with Crippen LogP contribution in [0.2, 0.25) is 5.02 Å². The van der Waals surface area contributed by atoms with Gasteiger partial charge in [0.05, 0.1) is 25.2 Å². The first-order chi connectivity index (χ1) is 11.8. The Morgan fingerprint density at radius 1 is 1.36 bits per heavy atom. The highest BCUT2D eigenvalue weighted by molar-refractivity contribution is 7.92. The molecule has 1 aliphatic rings. The molecule has 1 aromatic carbocycles. The predicted molar refractivity (Wildman–Crippen MR) is 98.6 cm³/mol. The summed E-state index contributed by atoms with van der Waals surface area (Å²) in [6.07, 6.45) is 1.07. The van der Waals surface area contributed by atoms with Crippen LogP contribution < -0.4 is 9.62 Å². The second-order valence-corrected chi connectivity index (χ2v) is 8.32. The average Bonchev–Trinajstić information content (AvgIpc) is 2.55. The number of morpholine rings is 1. The standard InChI is InChI=1S/C16H24ClN3O4S/c1-13-3-4-14(11-15(13)17)20(25(2,22)23)12-16(21)18-5-6-19-7-9-24-10-8-19/h3-4,11H,5-10,12H2,1-2H3,(H,18,21). The number of anilines is 1. The Bertz CT molecular complexity index is 705. The number of carbonyl (C=O) groups excluding carboxylic acids is 1. The van der Waals surface area contributed by atoms with Gasteiger partial charge in [-0.2, -0.15) is 0 Å². The van der Waals surface area contributed by atoms with E-state index >= 15 is 0 Å². The van der Waals surface area contributed by atoms with Gasteiger partial charge in [-0.25, -0.2) is 8.42 Å². The second-order valence-electron chi connectivity index (χ2n) is 6.01. The van der Waals surface area contributed by atoms with Crippen LogP contribution in [0.1, 0.15) is 5.56 Å². The number of halogens is 1. The van der Waals surface area contributed by atoms with Crippen molar-refractivity contribution in [1.29, 1.82) is 0 Å². The number of rotatable bonds is 7. The van der Waals surface area contributed by atoms with Gasteiger partial charge in [-0.3, -0.25) is 14.0 Å². The highest BCUT2D eigenvalue weighted by Crippen LogP contribution is 2.24. The average molecular weight is 390 g/mol. The van der Waals surface area contributed by atoms with Gasteiger partial charge in [0, 0.05) is 31.2 Å². The van der Waals surface area contributed by atoms with Crippen molar-refractivity contribution in [2.45, 2.75) is 6.92 Å². The van der Waals surface area contributed by atoms with Crippen LogP contribution in [0.15, 0.2) is 18.2 Å². The number of nitrogens with one attached hydrogen (secondary N) is 1. The van der Waals surface area contributed by atoms with Crippen LogP contribution in [0.3, 0.4) is 0 Å². The molecule has 0 radical (unpaired) electrons. The van der Waals surface area contributed by atoms with E-state index in [1.807, 2.05) is 6.92 Å². The molecule has 0 unspecified atom stereocenters. The Hall–Kier alpha value is -1.35. The lowest BCUT2D eigenvalue weighted by molar-refractivity contribution is -0.119. The summed E-state index contributed by atoms with van der Waals surface area (Å²) in [5.74, 6) is -0.351. The van der Waals surface area contributed by atoms with E-state index in [1.54, 1.807) is 18.2 Å². The molecule has 1 heterocycles. The molecule has 0 atom stereocenters. The summed E-state index contributed by atoms with van der Waals surface area (Å²) in [6.45, 7) is 5.81. The maximum atomic E-state index is 12.2. The van der Waals surface area contributed by atoms with Gasteiger partial charge in [0.15, 0.2) is 0 Å². The number of ether oxygens (including phenoxy) is 1. The predicted octanol–water partition coefficient (Wildman–Crippen LogP) is 0.863. The van der Waals surface area contributed by atoms with Gasteiger partial charge < -0.3 is 10.1 Å². The van der Waals surface area contributed by atoms with Crippen molar-refractivity contribution in [3.8, 4) is 0 Å². The molecular weight excluding hydrogens is 366 g/mol. The zero-order chi connectivity index (χ0) is 18.4. The molecule has 1 N–H and O–H groups in total. The maximum absolute atomic E-state index is 12.2. The summed E-state index contributed by atoms with van der Waals surface area (Å²) < 4.78 is 30.5. The summed E-state index contributed by atoms with van der Waals surface area (Å²) in [7, 11) is -3.60. The van der Waals surface area contributed by atoms with Crippen LogP contribution >= 0.6 is 11.6 Å². The van der Waals surface area contributed by atoms with Crippen molar-refractivity contribution in [3.05, 3.63) is 28.8 Å². The molecule has 2 rings (SSSR count). The first-order valence-corrected chi connectivity index (χ1v) is 10.3. The van der Waals surface area contributed by atoms with E-state index in [4.69, 9.17) is 16.3 Å². The van der Waals surface area contributed by atoms with Gasteiger partial charge in [0.1, 0.15) is 6.54 Å². The van der Waals surface area contributed by atoms with Crippen molar-refractivity contribution in [2.24, 2.45) is 0 Å². The summed E-state index contributed by atoms with van der Waals surface area (Å²) in [5.41, 5.74) is 1.22. The Morgan fingerprint density at radius 2 is 2.04 bits per heavy atom. The van der Waals surface area contributed by atoms with Gasteiger partial charge in [0.25, 0.3) is 0 Å². The number of hydrogen-bond donors (Lipinski definition) is 1. The van der Waals surface area contributed by atoms with Crippen LogP contribution in [0, 0.1) is 6.92 Å². The van der Waals surface area contributed by atoms with Crippen LogP contribution in [-0.2, 0) is 19.6 Å². The summed E-state index contributed by atoms with van der Waals surface area (Å²) in [4.78, 5) is 14.4. The third-order valence-electron chi connectivity index (χ3n) is 3.98. The first-order valence-electron chi connectivity index (χ1n) is 8.08. The molecule has 1 fully saturated rings. The molecule has 9 heteroatoms. The van der Waals surface area contributed by atoms with Crippen molar-refractivity contribution in [1.82, 2.24) is 10.2 Å². The first kappa shape index (κ1) is 20.0. The Balaban J connectivity index is 1.94. The number of nitrogens with zero attached hydrogens (tertiary/aromatic N) is 2. The van der Waals surface area contributed by atoms with E-state index in [1.165, 1.54) is 0 Å². The van der Waals surface area contributed by atoms with E-state index in [0.717, 1.165) is 29.2 Å². The number of amides is 1. The van der Waals surface area contributed by atoms with Crippen molar-refractivity contribution in [2.75, 3.05) is 56.5 Å². The fourth-order valence-corrected chi connectivity index (χ4v) is 3.52. The van der Waals surface area contributed by atoms with Crippen LogP contribution in [0.5, 0.6) is 0 Å². The molecule has 1 aliphatic heterocycles. The maximum Gasteiger partial charge on any atom is 0.240 e. The topological polar surface area (TPSA) is 79.0 Å². The molecule has 0 saturated carbocycles. The fourth-order valence-electron chi connectivity index (χ4n) is 2.50. The SMILES string of the molecule is Cc1ccc(N(CC(=O)NCCN2CCOCC2)S(C)(=O)=O)cc1Cl. The lowest BCUT2D eigenvalue weighted by atomic mass is 10.2. The molecule has 1 aromatic rings. The molecule has 0 spiro atoms. The zero-order valence-electron chi connectivity index (χ0n) is 14.5. The van der Waals surface area contributed by atoms with E-state index in [0.29, 0.717) is 37.0 Å². The van der Waals surface area contributed by atoms with Crippen LogP contribution in [0.25, 0.3) is 0 Å². The lowest BCUT2D eigenvalue weighted by Gasteiger charge is -2.27. The molecular formula is C16H24ClN3O4S. The monoisotopic (exact) mass is 389 g/mol. The van der Waals surface area contributed by atoms with Gasteiger partial charge in [-0.05, 0) is 24.6 Å². The van der Waals surface area contributed by atoms with Gasteiger partial charge in [-0.15, -0.1) is 0 Å². The summed E-state index contributed by atoms with van der Waals surface area (Å²) >= 11 is 6.08. The van der Waals surface area contributed by atoms with Crippen molar-refractivity contribution < 1.29 is 17.9 Å². The van der Waals surface area contributed by atoms with Gasteiger partial charge in [0.2, 0.25) is 15.9 Å². The van der Waals surface area contributed by atoms with Crippen molar-refractivity contribution >= 4 is 33.2 Å². The Labute approximate surface area is 153 Å². The Morgan fingerprint density at radius 3 is 2.64 bits per heavy atom. The zero-order valence-corrected chi connectivity index (χ0v) is 16.1. The number of aryl methyl sites for hydroxylation is 1. The molecule has 25 heavy (non-hydrogen) atoms. The molecule has 0 aliphatic carbocycles. The molecule has 140 valence electrons. The Kier molecular flexibility index (Phi) is 7.06. The van der Waals surface area contributed by atoms with Gasteiger partial charge in [-0.1, -0.05) is 17.7 Å². The number of sulfonamides is 1. The summed E-state index contributed by atoms with van der Waals surface area (Å²) in [5, 5.41) is 3.23. The summed E-state index contributed by atoms with van der Waals surface area (Å²) in [6, 6.07) is 4.93. The quantitative estimate of drug-likeness (QED) is 0.748. The van der Waals surface area contributed by atoms with Gasteiger partial charge >= 0.3 is 0 Å². The van der Waals surface area contributed by atoms with Crippen LogP contribution in [-0.4, -0.2) is 71.4 Å². The smallest absolute Gasteiger partial charge is 0.240 e. The van der Waals surface area contributed by atoms with Crippen molar-refractivity contribution in [3.63, 3.8) is 0 Å². The second kappa shape index (κ2) is 8.84.